The second-order valence-corrected chi connectivity index (χ2v) is 6.84. The topological polar surface area (TPSA) is 36.3 Å². The Morgan fingerprint density at radius 1 is 1.18 bits per heavy atom. The first-order chi connectivity index (χ1) is 10.2. The van der Waals surface area contributed by atoms with E-state index >= 15 is 0 Å². The van der Waals surface area contributed by atoms with Crippen LogP contribution < -0.4 is 5.46 Å². The third-order valence-corrected chi connectivity index (χ3v) is 4.52. The minimum absolute atomic E-state index is 0.287. The molecule has 0 unspecified atom stereocenters. The lowest BCUT2D eigenvalue weighted by atomic mass is 9.82. The zero-order valence-corrected chi connectivity index (χ0v) is 13.7. The summed E-state index contributed by atoms with van der Waals surface area (Å²) in [4.78, 5) is 0. The Kier molecular flexibility index (Phi) is 3.59. The van der Waals surface area contributed by atoms with Crippen LogP contribution in [0.5, 0.6) is 0 Å². The maximum Gasteiger partial charge on any atom is 0.498 e. The fraction of sp³-hybridized carbons (Fsp3) is 0.400. The van der Waals surface area contributed by atoms with Crippen LogP contribution in [-0.4, -0.2) is 28.1 Å². The van der Waals surface area contributed by atoms with E-state index in [-0.39, 0.29) is 5.69 Å². The lowest BCUT2D eigenvalue weighted by Crippen LogP contribution is -2.41. The van der Waals surface area contributed by atoms with Crippen LogP contribution in [-0.2, 0) is 9.31 Å². The van der Waals surface area contributed by atoms with E-state index in [2.05, 4.69) is 5.10 Å². The number of hydrogen-bond acceptors (Lipinski definition) is 3. The van der Waals surface area contributed by atoms with Gasteiger partial charge in [0.25, 0.3) is 0 Å². The average Bonchev–Trinajstić information content (AvgIpc) is 2.96. The minimum Gasteiger partial charge on any atom is -0.399 e. The fourth-order valence-electron chi connectivity index (χ4n) is 2.23. The summed E-state index contributed by atoms with van der Waals surface area (Å²) in [6, 6.07) is 4.34. The molecule has 1 saturated heterocycles. The zero-order valence-electron chi connectivity index (χ0n) is 12.9. The third-order valence-electron chi connectivity index (χ3n) is 4.28. The summed E-state index contributed by atoms with van der Waals surface area (Å²) < 4.78 is 27.3. The molecule has 4 nitrogen and oxygen atoms in total. The van der Waals surface area contributed by atoms with E-state index in [0.29, 0.717) is 5.02 Å². The lowest BCUT2D eigenvalue weighted by Gasteiger charge is -2.32. The number of nitrogens with zero attached hydrogens (tertiary/aromatic N) is 2. The van der Waals surface area contributed by atoms with Crippen molar-refractivity contribution in [3.05, 3.63) is 41.4 Å². The summed E-state index contributed by atoms with van der Waals surface area (Å²) in [5.41, 5.74) is 0.163. The van der Waals surface area contributed by atoms with Gasteiger partial charge in [-0.3, -0.25) is 0 Å². The summed E-state index contributed by atoms with van der Waals surface area (Å²) >= 11 is 5.92. The van der Waals surface area contributed by atoms with Crippen LogP contribution in [0.2, 0.25) is 5.02 Å². The van der Waals surface area contributed by atoms with Crippen molar-refractivity contribution in [2.24, 2.45) is 0 Å². The Morgan fingerprint density at radius 3 is 2.45 bits per heavy atom. The first kappa shape index (κ1) is 15.5. The molecule has 0 N–H and O–H groups in total. The van der Waals surface area contributed by atoms with Crippen molar-refractivity contribution in [2.45, 2.75) is 38.9 Å². The zero-order chi connectivity index (χ0) is 16.1. The summed E-state index contributed by atoms with van der Waals surface area (Å²) in [6.07, 6.45) is 3.30. The molecular weight excluding hydrogens is 305 g/mol. The average molecular weight is 323 g/mol. The van der Waals surface area contributed by atoms with Gasteiger partial charge in [-0.25, -0.2) is 9.07 Å². The van der Waals surface area contributed by atoms with Crippen LogP contribution in [0.3, 0.4) is 0 Å². The summed E-state index contributed by atoms with van der Waals surface area (Å²) in [7, 11) is -0.527. The number of benzene rings is 1. The Morgan fingerprint density at radius 2 is 1.82 bits per heavy atom. The standard InChI is InChI=1S/C15H17BClFN2O2/c1-14(2)15(3,4)22-16(21-14)10-8-19-20(9-10)13-7-11(17)5-6-12(13)18/h5-9H,1-4H3. The molecule has 0 radical (unpaired) electrons. The normalized spacial score (nSPS) is 19.6. The first-order valence-corrected chi connectivity index (χ1v) is 7.43. The van der Waals surface area contributed by atoms with Gasteiger partial charge in [-0.05, 0) is 45.9 Å². The van der Waals surface area contributed by atoms with Crippen molar-refractivity contribution >= 4 is 24.2 Å². The molecular formula is C15H17BClFN2O2. The minimum atomic E-state index is -0.527. The van der Waals surface area contributed by atoms with E-state index in [9.17, 15) is 4.39 Å². The molecule has 1 aliphatic rings. The van der Waals surface area contributed by atoms with Gasteiger partial charge in [-0.15, -0.1) is 0 Å². The smallest absolute Gasteiger partial charge is 0.399 e. The molecule has 1 aromatic carbocycles. The predicted molar refractivity (Wildman–Crippen MR) is 84.2 cm³/mol. The van der Waals surface area contributed by atoms with Gasteiger partial charge >= 0.3 is 7.12 Å². The monoisotopic (exact) mass is 322 g/mol. The maximum atomic E-state index is 13.9. The highest BCUT2D eigenvalue weighted by atomic mass is 35.5. The van der Waals surface area contributed by atoms with Crippen molar-refractivity contribution in [3.63, 3.8) is 0 Å². The Bertz CT molecular complexity index is 701. The Balaban J connectivity index is 1.91. The van der Waals surface area contributed by atoms with E-state index in [1.54, 1.807) is 12.4 Å². The Hall–Kier alpha value is -1.37. The fourth-order valence-corrected chi connectivity index (χ4v) is 2.40. The van der Waals surface area contributed by atoms with Crippen LogP contribution in [0.1, 0.15) is 27.7 Å². The van der Waals surface area contributed by atoms with Crippen LogP contribution in [0.25, 0.3) is 5.69 Å². The molecule has 116 valence electrons. The van der Waals surface area contributed by atoms with Gasteiger partial charge in [0.1, 0.15) is 11.5 Å². The maximum absolute atomic E-state index is 13.9. The van der Waals surface area contributed by atoms with Gasteiger partial charge in [0.15, 0.2) is 0 Å². The summed E-state index contributed by atoms with van der Waals surface area (Å²) in [5.74, 6) is -0.395. The molecule has 0 amide bonds. The number of hydrogen-bond donors (Lipinski definition) is 0. The van der Waals surface area contributed by atoms with Crippen molar-refractivity contribution < 1.29 is 13.7 Å². The van der Waals surface area contributed by atoms with E-state index in [4.69, 9.17) is 20.9 Å². The highest BCUT2D eigenvalue weighted by Gasteiger charge is 2.52. The Labute approximate surface area is 134 Å². The van der Waals surface area contributed by atoms with Crippen molar-refractivity contribution in [2.75, 3.05) is 0 Å². The third kappa shape index (κ3) is 2.55. The quantitative estimate of drug-likeness (QED) is 0.798. The number of rotatable bonds is 2. The van der Waals surface area contributed by atoms with Crippen molar-refractivity contribution in [3.8, 4) is 5.69 Å². The first-order valence-electron chi connectivity index (χ1n) is 7.05. The molecule has 1 fully saturated rings. The van der Waals surface area contributed by atoms with Gasteiger partial charge in [0, 0.05) is 22.9 Å². The molecule has 0 spiro atoms. The largest absolute Gasteiger partial charge is 0.498 e. The molecule has 2 aromatic rings. The van der Waals surface area contributed by atoms with E-state index in [0.717, 1.165) is 5.46 Å². The number of halogens is 2. The van der Waals surface area contributed by atoms with Gasteiger partial charge in [0.05, 0.1) is 11.2 Å². The van der Waals surface area contributed by atoms with E-state index < -0.39 is 24.1 Å². The lowest BCUT2D eigenvalue weighted by molar-refractivity contribution is 0.00578. The van der Waals surface area contributed by atoms with Crippen LogP contribution >= 0.6 is 11.6 Å². The summed E-state index contributed by atoms with van der Waals surface area (Å²) in [6.45, 7) is 7.92. The van der Waals surface area contributed by atoms with Crippen molar-refractivity contribution in [1.29, 1.82) is 0 Å². The molecule has 0 aliphatic carbocycles. The van der Waals surface area contributed by atoms with Gasteiger partial charge in [-0.2, -0.15) is 5.10 Å². The van der Waals surface area contributed by atoms with Gasteiger partial charge in [-0.1, -0.05) is 11.6 Å². The van der Waals surface area contributed by atoms with Gasteiger partial charge in [0.2, 0.25) is 0 Å². The van der Waals surface area contributed by atoms with Gasteiger partial charge < -0.3 is 9.31 Å². The molecule has 1 aromatic heterocycles. The molecule has 22 heavy (non-hydrogen) atoms. The highest BCUT2D eigenvalue weighted by Crippen LogP contribution is 2.36. The predicted octanol–water partition coefficient (Wildman–Crippen LogP) is 2.96. The molecule has 0 atom stereocenters. The van der Waals surface area contributed by atoms with Crippen molar-refractivity contribution in [1.82, 2.24) is 9.78 Å². The van der Waals surface area contributed by atoms with Crippen LogP contribution in [0, 0.1) is 5.82 Å². The molecule has 2 heterocycles. The second kappa shape index (κ2) is 5.08. The number of aromatic nitrogens is 2. The van der Waals surface area contributed by atoms with E-state index in [1.165, 1.54) is 22.9 Å². The second-order valence-electron chi connectivity index (χ2n) is 6.40. The van der Waals surface area contributed by atoms with E-state index in [1.807, 2.05) is 27.7 Å². The molecule has 0 saturated carbocycles. The molecule has 1 aliphatic heterocycles. The summed E-state index contributed by atoms with van der Waals surface area (Å²) in [5, 5.41) is 4.63. The highest BCUT2D eigenvalue weighted by molar-refractivity contribution is 6.62. The molecule has 0 bridgehead atoms. The molecule has 3 rings (SSSR count). The molecule has 7 heteroatoms. The van der Waals surface area contributed by atoms with Crippen LogP contribution in [0.4, 0.5) is 4.39 Å². The van der Waals surface area contributed by atoms with Crippen LogP contribution in [0.15, 0.2) is 30.6 Å². The SMILES string of the molecule is CC1(C)OB(c2cnn(-c3cc(Cl)ccc3F)c2)OC1(C)C.